The van der Waals surface area contributed by atoms with Gasteiger partial charge in [0.2, 0.25) is 0 Å². The molecule has 0 radical (unpaired) electrons. The van der Waals surface area contributed by atoms with Crippen molar-refractivity contribution >= 4 is 45.4 Å². The van der Waals surface area contributed by atoms with Crippen LogP contribution in [0.15, 0.2) is 53.8 Å². The number of rotatable bonds is 7. The Morgan fingerprint density at radius 3 is 2.70 bits per heavy atom. The van der Waals surface area contributed by atoms with Gasteiger partial charge in [0, 0.05) is 45.2 Å². The summed E-state index contributed by atoms with van der Waals surface area (Å²) in [4.78, 5) is 8.71. The van der Waals surface area contributed by atoms with Crippen LogP contribution in [0.1, 0.15) is 16.8 Å². The Kier molecular flexibility index (Phi) is 8.59. The lowest BCUT2D eigenvalue weighted by Crippen LogP contribution is -2.38. The maximum Gasteiger partial charge on any atom is 0.191 e. The summed E-state index contributed by atoms with van der Waals surface area (Å²) >= 11 is 0. The molecule has 0 saturated heterocycles. The van der Waals surface area contributed by atoms with Crippen LogP contribution in [0.5, 0.6) is 0 Å². The Balaban J connectivity index is 0.00000320. The molecule has 3 rings (SSSR count). The van der Waals surface area contributed by atoms with E-state index in [0.717, 1.165) is 17.6 Å². The number of benzene rings is 1. The first-order valence-electron chi connectivity index (χ1n) is 9.16. The van der Waals surface area contributed by atoms with Gasteiger partial charge in [0.15, 0.2) is 15.8 Å². The van der Waals surface area contributed by atoms with Crippen LogP contribution in [-0.2, 0) is 28.6 Å². The van der Waals surface area contributed by atoms with Gasteiger partial charge < -0.3 is 15.0 Å². The second-order valence-corrected chi connectivity index (χ2v) is 8.92. The zero-order chi connectivity index (χ0) is 20.9. The average molecular weight is 545 g/mol. The molecule has 0 aliphatic heterocycles. The van der Waals surface area contributed by atoms with E-state index >= 15 is 0 Å². The normalized spacial score (nSPS) is 11.9. The summed E-state index contributed by atoms with van der Waals surface area (Å²) in [6.45, 7) is 0.875. The van der Waals surface area contributed by atoms with E-state index in [-0.39, 0.29) is 36.3 Å². The number of aromatic nitrogens is 2. The number of pyridine rings is 1. The largest absolute Gasteiger partial charge is 0.356 e. The summed E-state index contributed by atoms with van der Waals surface area (Å²) < 4.78 is 38.8. The van der Waals surface area contributed by atoms with Crippen molar-refractivity contribution in [2.45, 2.75) is 18.7 Å². The molecule has 3 aromatic rings. The summed E-state index contributed by atoms with van der Waals surface area (Å²) in [6, 6.07) is 9.97. The maximum absolute atomic E-state index is 13.6. The maximum atomic E-state index is 13.6. The van der Waals surface area contributed by atoms with Crippen molar-refractivity contribution in [2.75, 3.05) is 19.8 Å². The molecule has 162 valence electrons. The summed E-state index contributed by atoms with van der Waals surface area (Å²) in [5.41, 5.74) is 3.01. The van der Waals surface area contributed by atoms with Crippen molar-refractivity contribution in [3.05, 3.63) is 71.4 Å². The van der Waals surface area contributed by atoms with Crippen molar-refractivity contribution in [1.29, 1.82) is 0 Å². The summed E-state index contributed by atoms with van der Waals surface area (Å²) in [7, 11) is -1.58. The molecule has 30 heavy (non-hydrogen) atoms. The minimum Gasteiger partial charge on any atom is -0.356 e. The molecule has 0 unspecified atom stereocenters. The smallest absolute Gasteiger partial charge is 0.191 e. The van der Waals surface area contributed by atoms with E-state index in [4.69, 9.17) is 0 Å². The van der Waals surface area contributed by atoms with Gasteiger partial charge in [-0.05, 0) is 35.4 Å². The van der Waals surface area contributed by atoms with Crippen molar-refractivity contribution in [1.82, 2.24) is 20.0 Å². The average Bonchev–Trinajstić information content (AvgIpc) is 3.08. The molecule has 0 bridgehead atoms. The molecule has 10 heteroatoms. The number of nitrogens with one attached hydrogen (secondary N) is 2. The van der Waals surface area contributed by atoms with E-state index in [1.807, 2.05) is 35.0 Å². The topological polar surface area (TPSA) is 87.9 Å². The third-order valence-corrected chi connectivity index (χ3v) is 5.18. The van der Waals surface area contributed by atoms with E-state index < -0.39 is 15.7 Å². The quantitative estimate of drug-likeness (QED) is 0.271. The SMILES string of the molecule is CN=C(NCCc1cn2ccccc2n1)NCc1cc(F)ccc1CS(C)(=O)=O.I. The monoisotopic (exact) mass is 545 g/mol. The Morgan fingerprint density at radius 2 is 2.00 bits per heavy atom. The molecule has 1 aromatic carbocycles. The van der Waals surface area contributed by atoms with E-state index in [9.17, 15) is 12.8 Å². The summed E-state index contributed by atoms with van der Waals surface area (Å²) in [5.74, 6) is 0.00156. The van der Waals surface area contributed by atoms with Crippen molar-refractivity contribution in [2.24, 2.45) is 4.99 Å². The lowest BCUT2D eigenvalue weighted by atomic mass is 10.1. The number of halogens is 2. The number of sulfone groups is 1. The van der Waals surface area contributed by atoms with Crippen molar-refractivity contribution in [3.63, 3.8) is 0 Å². The summed E-state index contributed by atoms with van der Waals surface area (Å²) in [6.07, 6.45) is 5.80. The predicted octanol–water partition coefficient (Wildman–Crippen LogP) is 2.54. The van der Waals surface area contributed by atoms with Crippen molar-refractivity contribution < 1.29 is 12.8 Å². The van der Waals surface area contributed by atoms with Crippen LogP contribution in [0.2, 0.25) is 0 Å². The van der Waals surface area contributed by atoms with Gasteiger partial charge in [-0.2, -0.15) is 0 Å². The van der Waals surface area contributed by atoms with Crippen LogP contribution in [0.4, 0.5) is 4.39 Å². The van der Waals surface area contributed by atoms with Gasteiger partial charge >= 0.3 is 0 Å². The minimum atomic E-state index is -3.22. The molecular formula is C20H25FIN5O2S. The first-order chi connectivity index (χ1) is 13.8. The number of imidazole rings is 1. The van der Waals surface area contributed by atoms with E-state index in [2.05, 4.69) is 20.6 Å². The Morgan fingerprint density at radius 1 is 1.20 bits per heavy atom. The molecule has 0 atom stereocenters. The van der Waals surface area contributed by atoms with Gasteiger partial charge in [-0.15, -0.1) is 24.0 Å². The molecule has 0 amide bonds. The second kappa shape index (κ2) is 10.7. The molecule has 0 saturated carbocycles. The third-order valence-electron chi connectivity index (χ3n) is 4.34. The Bertz CT molecular complexity index is 1100. The highest BCUT2D eigenvalue weighted by atomic mass is 127. The van der Waals surface area contributed by atoms with Crippen molar-refractivity contribution in [3.8, 4) is 0 Å². The van der Waals surface area contributed by atoms with Gasteiger partial charge in [0.1, 0.15) is 11.5 Å². The number of guanidine groups is 1. The van der Waals surface area contributed by atoms with Crippen LogP contribution < -0.4 is 10.6 Å². The van der Waals surface area contributed by atoms with Crippen LogP contribution in [-0.4, -0.2) is 43.6 Å². The lowest BCUT2D eigenvalue weighted by molar-refractivity contribution is 0.599. The van der Waals surface area contributed by atoms with E-state index in [1.165, 1.54) is 18.2 Å². The number of hydrogen-bond donors (Lipinski definition) is 2. The Hall–Kier alpha value is -2.21. The molecular weight excluding hydrogens is 520 g/mol. The fourth-order valence-electron chi connectivity index (χ4n) is 3.00. The predicted molar refractivity (Wildman–Crippen MR) is 127 cm³/mol. The zero-order valence-corrected chi connectivity index (χ0v) is 19.9. The van der Waals surface area contributed by atoms with Gasteiger partial charge in [-0.1, -0.05) is 12.1 Å². The summed E-state index contributed by atoms with van der Waals surface area (Å²) in [5, 5.41) is 6.30. The van der Waals surface area contributed by atoms with Gasteiger partial charge in [-0.25, -0.2) is 17.8 Å². The highest BCUT2D eigenvalue weighted by Crippen LogP contribution is 2.14. The standard InChI is InChI=1S/C20H24FN5O2S.HI/c1-22-20(23-9-8-18-13-26-10-4-3-5-19(26)25-18)24-12-16-11-17(21)7-6-15(16)14-29(2,27)28;/h3-7,10-11,13H,8-9,12,14H2,1-2H3,(H2,22,23,24);1H. The first-order valence-corrected chi connectivity index (χ1v) is 11.2. The molecule has 2 aromatic heterocycles. The minimum absolute atomic E-state index is 0. The molecule has 0 fully saturated rings. The lowest BCUT2D eigenvalue weighted by Gasteiger charge is -2.14. The Labute approximate surface area is 192 Å². The van der Waals surface area contributed by atoms with Gasteiger partial charge in [0.05, 0.1) is 11.4 Å². The second-order valence-electron chi connectivity index (χ2n) is 6.78. The fraction of sp³-hybridized carbons (Fsp3) is 0.300. The zero-order valence-electron chi connectivity index (χ0n) is 16.8. The first kappa shape index (κ1) is 24.1. The van der Waals surface area contributed by atoms with E-state index in [0.29, 0.717) is 30.1 Å². The van der Waals surface area contributed by atoms with Crippen LogP contribution in [0.3, 0.4) is 0 Å². The molecule has 0 aliphatic rings. The highest BCUT2D eigenvalue weighted by molar-refractivity contribution is 14.0. The number of aliphatic imine (C=N–C) groups is 1. The van der Waals surface area contributed by atoms with Crippen LogP contribution in [0.25, 0.3) is 5.65 Å². The van der Waals surface area contributed by atoms with Crippen LogP contribution in [0, 0.1) is 5.82 Å². The van der Waals surface area contributed by atoms with Gasteiger partial charge in [0.25, 0.3) is 0 Å². The van der Waals surface area contributed by atoms with Gasteiger partial charge in [-0.3, -0.25) is 4.99 Å². The molecule has 0 aliphatic carbocycles. The fourth-order valence-corrected chi connectivity index (χ4v) is 3.85. The van der Waals surface area contributed by atoms with E-state index in [1.54, 1.807) is 7.05 Å². The third kappa shape index (κ3) is 6.94. The molecule has 7 nitrogen and oxygen atoms in total. The molecule has 2 N–H and O–H groups in total. The molecule has 2 heterocycles. The molecule has 0 spiro atoms. The highest BCUT2D eigenvalue weighted by Gasteiger charge is 2.11. The number of fused-ring (bicyclic) bond motifs is 1. The van der Waals surface area contributed by atoms with Crippen LogP contribution >= 0.6 is 24.0 Å². The number of nitrogens with zero attached hydrogens (tertiary/aromatic N) is 3. The number of hydrogen-bond acceptors (Lipinski definition) is 4.